The highest BCUT2D eigenvalue weighted by Crippen LogP contribution is 2.24. The van der Waals surface area contributed by atoms with Gasteiger partial charge >= 0.3 is 0 Å². The average molecular weight is 358 g/mol. The Balaban J connectivity index is 2.45. The third kappa shape index (κ3) is 2.99. The summed E-state index contributed by atoms with van der Waals surface area (Å²) < 4.78 is 14.5. The Morgan fingerprint density at radius 3 is 2.80 bits per heavy atom. The maximum Gasteiger partial charge on any atom is 0.261 e. The smallest absolute Gasteiger partial charge is 0.261 e. The van der Waals surface area contributed by atoms with E-state index in [9.17, 15) is 9.18 Å². The van der Waals surface area contributed by atoms with Crippen LogP contribution in [0.15, 0.2) is 41.0 Å². The monoisotopic (exact) mass is 356 g/mol. The maximum absolute atomic E-state index is 13.8. The van der Waals surface area contributed by atoms with Crippen molar-refractivity contribution in [3.05, 3.63) is 57.5 Å². The van der Waals surface area contributed by atoms with Crippen molar-refractivity contribution in [2.45, 2.75) is 6.92 Å². The third-order valence-electron chi connectivity index (χ3n) is 2.74. The minimum atomic E-state index is -0.457. The predicted molar refractivity (Wildman–Crippen MR) is 80.7 cm³/mol. The van der Waals surface area contributed by atoms with E-state index in [1.165, 1.54) is 17.2 Å². The van der Waals surface area contributed by atoms with Gasteiger partial charge in [-0.2, -0.15) is 0 Å². The Labute approximate surface area is 129 Å². The van der Waals surface area contributed by atoms with Crippen molar-refractivity contribution in [3.63, 3.8) is 0 Å². The summed E-state index contributed by atoms with van der Waals surface area (Å²) in [6.07, 6.45) is 1.50. The molecule has 0 saturated carbocycles. The van der Waals surface area contributed by atoms with Crippen molar-refractivity contribution in [2.24, 2.45) is 0 Å². The molecule has 0 atom stereocenters. The van der Waals surface area contributed by atoms with Gasteiger partial charge in [0.15, 0.2) is 0 Å². The number of rotatable bonds is 3. The summed E-state index contributed by atoms with van der Waals surface area (Å²) in [6, 6.07) is 7.68. The highest BCUT2D eigenvalue weighted by molar-refractivity contribution is 9.10. The number of pyridine rings is 1. The molecule has 1 amide bonds. The Bertz CT molecular complexity index is 651. The van der Waals surface area contributed by atoms with Gasteiger partial charge in [-0.1, -0.05) is 23.7 Å². The maximum atomic E-state index is 13.8. The Morgan fingerprint density at radius 1 is 1.45 bits per heavy atom. The Kier molecular flexibility index (Phi) is 4.73. The molecule has 0 spiro atoms. The van der Waals surface area contributed by atoms with Crippen molar-refractivity contribution in [3.8, 4) is 0 Å². The van der Waals surface area contributed by atoms with Gasteiger partial charge in [0, 0.05) is 17.2 Å². The molecule has 1 heterocycles. The molecule has 20 heavy (non-hydrogen) atoms. The third-order valence-corrected chi connectivity index (χ3v) is 3.48. The first kappa shape index (κ1) is 14.9. The Hall–Kier alpha value is -1.46. The number of nitrogens with zero attached hydrogens (tertiary/aromatic N) is 2. The molecule has 6 heteroatoms. The molecule has 0 radical (unpaired) electrons. The van der Waals surface area contributed by atoms with Crippen LogP contribution in [0.4, 0.5) is 10.1 Å². The highest BCUT2D eigenvalue weighted by atomic mass is 79.9. The number of hydrogen-bond acceptors (Lipinski definition) is 2. The molecule has 0 aliphatic rings. The number of halogens is 3. The van der Waals surface area contributed by atoms with Crippen LogP contribution in [0, 0.1) is 5.82 Å². The van der Waals surface area contributed by atoms with Crippen LogP contribution >= 0.6 is 27.5 Å². The first-order valence-corrected chi connectivity index (χ1v) is 7.09. The summed E-state index contributed by atoms with van der Waals surface area (Å²) in [5, 5.41) is 0.0907. The number of para-hydroxylation sites is 1. The zero-order valence-corrected chi connectivity index (χ0v) is 12.9. The van der Waals surface area contributed by atoms with E-state index in [0.717, 1.165) is 0 Å². The molecule has 0 bridgehead atoms. The lowest BCUT2D eigenvalue weighted by Crippen LogP contribution is -2.31. The molecule has 2 rings (SSSR count). The zero-order valence-electron chi connectivity index (χ0n) is 10.6. The van der Waals surface area contributed by atoms with E-state index in [1.807, 2.05) is 0 Å². The van der Waals surface area contributed by atoms with E-state index in [-0.39, 0.29) is 16.4 Å². The summed E-state index contributed by atoms with van der Waals surface area (Å²) in [4.78, 5) is 17.7. The van der Waals surface area contributed by atoms with Crippen molar-refractivity contribution in [1.29, 1.82) is 0 Å². The molecule has 104 valence electrons. The van der Waals surface area contributed by atoms with Crippen LogP contribution in [0.2, 0.25) is 5.15 Å². The van der Waals surface area contributed by atoms with E-state index < -0.39 is 11.7 Å². The second-order valence-electron chi connectivity index (χ2n) is 3.99. The first-order chi connectivity index (χ1) is 9.54. The normalized spacial score (nSPS) is 10.4. The van der Waals surface area contributed by atoms with Crippen molar-refractivity contribution in [2.75, 3.05) is 11.4 Å². The van der Waals surface area contributed by atoms with Crippen molar-refractivity contribution in [1.82, 2.24) is 4.98 Å². The summed E-state index contributed by atoms with van der Waals surface area (Å²) in [5.74, 6) is -0.849. The van der Waals surface area contributed by atoms with Crippen LogP contribution in [0.25, 0.3) is 0 Å². The topological polar surface area (TPSA) is 33.2 Å². The number of aromatic nitrogens is 1. The van der Waals surface area contributed by atoms with E-state index in [2.05, 4.69) is 20.9 Å². The van der Waals surface area contributed by atoms with E-state index in [1.54, 1.807) is 31.2 Å². The number of amides is 1. The molecular weight excluding hydrogens is 347 g/mol. The largest absolute Gasteiger partial charge is 0.306 e. The fourth-order valence-electron chi connectivity index (χ4n) is 1.81. The standard InChI is InChI=1S/C14H11BrClFN2O/c1-2-19(12-6-4-3-5-11(12)17)14(20)10-7-9(15)8-18-13(10)16/h3-8H,2H2,1H3. The predicted octanol–water partition coefficient (Wildman–Crippen LogP) is 4.30. The van der Waals surface area contributed by atoms with Gasteiger partial charge < -0.3 is 4.90 Å². The van der Waals surface area contributed by atoms with Gasteiger partial charge in [-0.15, -0.1) is 0 Å². The second-order valence-corrected chi connectivity index (χ2v) is 5.27. The van der Waals surface area contributed by atoms with Gasteiger partial charge in [-0.3, -0.25) is 4.79 Å². The van der Waals surface area contributed by atoms with Gasteiger partial charge in [0.2, 0.25) is 0 Å². The highest BCUT2D eigenvalue weighted by Gasteiger charge is 2.21. The summed E-state index contributed by atoms with van der Waals surface area (Å²) in [5.41, 5.74) is 0.446. The number of benzene rings is 1. The van der Waals surface area contributed by atoms with Gasteiger partial charge in [0.05, 0.1) is 11.3 Å². The van der Waals surface area contributed by atoms with Crippen molar-refractivity contribution >= 4 is 39.1 Å². The molecule has 0 aliphatic heterocycles. The first-order valence-electron chi connectivity index (χ1n) is 5.92. The van der Waals surface area contributed by atoms with E-state index in [0.29, 0.717) is 11.0 Å². The SMILES string of the molecule is CCN(C(=O)c1cc(Br)cnc1Cl)c1ccccc1F. The lowest BCUT2D eigenvalue weighted by Gasteiger charge is -2.22. The number of carbonyl (C=O) groups is 1. The molecule has 0 N–H and O–H groups in total. The molecule has 1 aromatic heterocycles. The molecule has 0 aliphatic carbocycles. The van der Waals surface area contributed by atoms with E-state index >= 15 is 0 Å². The van der Waals surface area contributed by atoms with E-state index in [4.69, 9.17) is 11.6 Å². The number of anilines is 1. The Morgan fingerprint density at radius 2 is 2.15 bits per heavy atom. The molecular formula is C14H11BrClFN2O. The lowest BCUT2D eigenvalue weighted by atomic mass is 10.2. The van der Waals surface area contributed by atoms with Gasteiger partial charge in [0.1, 0.15) is 11.0 Å². The number of hydrogen-bond donors (Lipinski definition) is 0. The summed E-state index contributed by atoms with van der Waals surface area (Å²) in [6.45, 7) is 2.09. The summed E-state index contributed by atoms with van der Waals surface area (Å²) >= 11 is 9.19. The lowest BCUT2D eigenvalue weighted by molar-refractivity contribution is 0.0987. The van der Waals surface area contributed by atoms with Crippen LogP contribution < -0.4 is 4.90 Å². The quantitative estimate of drug-likeness (QED) is 0.767. The fraction of sp³-hybridized carbons (Fsp3) is 0.143. The van der Waals surface area contributed by atoms with Crippen LogP contribution in [-0.4, -0.2) is 17.4 Å². The van der Waals surface area contributed by atoms with Crippen LogP contribution in [0.1, 0.15) is 17.3 Å². The number of carbonyl (C=O) groups excluding carboxylic acids is 1. The average Bonchev–Trinajstić information content (AvgIpc) is 2.44. The molecule has 0 fully saturated rings. The van der Waals surface area contributed by atoms with Crippen molar-refractivity contribution < 1.29 is 9.18 Å². The molecule has 3 nitrogen and oxygen atoms in total. The van der Waals surface area contributed by atoms with Crippen LogP contribution in [-0.2, 0) is 0 Å². The molecule has 1 aromatic carbocycles. The van der Waals surface area contributed by atoms with Crippen LogP contribution in [0.5, 0.6) is 0 Å². The molecule has 2 aromatic rings. The van der Waals surface area contributed by atoms with Crippen LogP contribution in [0.3, 0.4) is 0 Å². The second kappa shape index (κ2) is 6.33. The van der Waals surface area contributed by atoms with Gasteiger partial charge in [-0.05, 0) is 41.1 Å². The summed E-state index contributed by atoms with van der Waals surface area (Å²) in [7, 11) is 0. The minimum absolute atomic E-state index is 0.0907. The minimum Gasteiger partial charge on any atom is -0.306 e. The van der Waals surface area contributed by atoms with Gasteiger partial charge in [0.25, 0.3) is 5.91 Å². The molecule has 0 saturated heterocycles. The van der Waals surface area contributed by atoms with Gasteiger partial charge in [-0.25, -0.2) is 9.37 Å². The molecule has 0 unspecified atom stereocenters. The zero-order chi connectivity index (χ0) is 14.7. The fourth-order valence-corrected chi connectivity index (χ4v) is 2.33.